The molecule has 0 heterocycles. The van der Waals surface area contributed by atoms with E-state index in [0.717, 1.165) is 17.7 Å². The van der Waals surface area contributed by atoms with E-state index in [9.17, 15) is 22.8 Å². The summed E-state index contributed by atoms with van der Waals surface area (Å²) in [6.45, 7) is 0.0242. The summed E-state index contributed by atoms with van der Waals surface area (Å²) in [5.74, 6) is -0.918. The van der Waals surface area contributed by atoms with Crippen molar-refractivity contribution in [3.05, 3.63) is 60.2 Å². The van der Waals surface area contributed by atoms with Gasteiger partial charge in [0.15, 0.2) is 0 Å². The van der Waals surface area contributed by atoms with Crippen LogP contribution in [-0.4, -0.2) is 24.8 Å². The Morgan fingerprint density at radius 2 is 1.58 bits per heavy atom. The van der Waals surface area contributed by atoms with E-state index in [2.05, 4.69) is 20.7 Å². The number of alkyl halides is 3. The van der Waals surface area contributed by atoms with Gasteiger partial charge in [-0.25, -0.2) is 4.79 Å². The lowest BCUT2D eigenvalue weighted by Gasteiger charge is -2.10. The van der Waals surface area contributed by atoms with Crippen LogP contribution in [0.15, 0.2) is 54.6 Å². The summed E-state index contributed by atoms with van der Waals surface area (Å²) < 4.78 is 39.9. The summed E-state index contributed by atoms with van der Waals surface area (Å²) in [4.78, 5) is 23.4. The number of carbonyl (C=O) groups excluding carboxylic acids is 2. The van der Waals surface area contributed by atoms with Crippen LogP contribution < -0.4 is 20.7 Å². The van der Waals surface area contributed by atoms with E-state index in [1.54, 1.807) is 0 Å². The Morgan fingerprint density at radius 3 is 2.19 bits per heavy atom. The smallest absolute Gasteiger partial charge is 0.406 e. The van der Waals surface area contributed by atoms with Crippen LogP contribution in [0.2, 0.25) is 0 Å². The fourth-order valence-electron chi connectivity index (χ4n) is 1.95. The van der Waals surface area contributed by atoms with E-state index >= 15 is 0 Å². The highest BCUT2D eigenvalue weighted by Crippen LogP contribution is 2.23. The molecule has 0 aliphatic heterocycles. The quantitative estimate of drug-likeness (QED) is 0.734. The van der Waals surface area contributed by atoms with Gasteiger partial charge in [-0.15, -0.1) is 13.2 Å². The van der Waals surface area contributed by atoms with Gasteiger partial charge in [0.25, 0.3) is 0 Å². The number of hydrogen-bond acceptors (Lipinski definition) is 3. The second-order valence-electron chi connectivity index (χ2n) is 5.14. The van der Waals surface area contributed by atoms with Gasteiger partial charge in [0.1, 0.15) is 5.75 Å². The normalized spacial score (nSPS) is 10.7. The summed E-state index contributed by atoms with van der Waals surface area (Å²) in [7, 11) is 0. The lowest BCUT2D eigenvalue weighted by atomic mass is 10.2. The van der Waals surface area contributed by atoms with Gasteiger partial charge in [-0.2, -0.15) is 0 Å². The van der Waals surface area contributed by atoms with Crippen LogP contribution in [0.3, 0.4) is 0 Å². The van der Waals surface area contributed by atoms with Gasteiger partial charge in [-0.05, 0) is 29.8 Å². The lowest BCUT2D eigenvalue weighted by molar-refractivity contribution is -0.274. The first-order valence-corrected chi connectivity index (χ1v) is 7.53. The van der Waals surface area contributed by atoms with E-state index in [1.807, 2.05) is 30.3 Å². The van der Waals surface area contributed by atoms with Crippen molar-refractivity contribution in [3.63, 3.8) is 0 Å². The monoisotopic (exact) mass is 367 g/mol. The molecule has 0 bridgehead atoms. The zero-order valence-corrected chi connectivity index (χ0v) is 13.5. The van der Waals surface area contributed by atoms with Crippen LogP contribution in [0.5, 0.6) is 5.75 Å². The first-order valence-electron chi connectivity index (χ1n) is 7.53. The second kappa shape index (κ2) is 8.75. The molecular weight excluding hydrogens is 351 g/mol. The summed E-state index contributed by atoms with van der Waals surface area (Å²) in [5, 5.41) is 7.42. The van der Waals surface area contributed by atoms with Crippen LogP contribution in [0.25, 0.3) is 0 Å². The number of hydrogen-bond donors (Lipinski definition) is 3. The minimum absolute atomic E-state index is 0.274. The molecule has 0 spiro atoms. The number of anilines is 1. The standard InChI is InChI=1S/C17H16F3N3O3/c18-17(19,20)26-14-8-6-13(7-9-14)23-15(24)11-22-16(25)21-10-12-4-2-1-3-5-12/h1-9H,10-11H2,(H,23,24)(H2,21,22,25). The van der Waals surface area contributed by atoms with E-state index < -0.39 is 24.1 Å². The van der Waals surface area contributed by atoms with Gasteiger partial charge in [-0.1, -0.05) is 30.3 Å². The lowest BCUT2D eigenvalue weighted by Crippen LogP contribution is -2.39. The number of ether oxygens (including phenoxy) is 1. The molecule has 3 N–H and O–H groups in total. The molecule has 0 saturated carbocycles. The number of urea groups is 1. The molecule has 0 aromatic heterocycles. The highest BCUT2D eigenvalue weighted by Gasteiger charge is 2.30. The minimum atomic E-state index is -4.78. The third kappa shape index (κ3) is 7.12. The fourth-order valence-corrected chi connectivity index (χ4v) is 1.95. The molecule has 2 aromatic rings. The van der Waals surface area contributed by atoms with Gasteiger partial charge < -0.3 is 20.7 Å². The van der Waals surface area contributed by atoms with Crippen molar-refractivity contribution in [2.75, 3.05) is 11.9 Å². The number of nitrogens with one attached hydrogen (secondary N) is 3. The predicted molar refractivity (Wildman–Crippen MR) is 88.4 cm³/mol. The molecule has 0 radical (unpaired) electrons. The summed E-state index contributed by atoms with van der Waals surface area (Å²) >= 11 is 0. The molecule has 2 aromatic carbocycles. The molecule has 0 aliphatic carbocycles. The predicted octanol–water partition coefficient (Wildman–Crippen LogP) is 3.02. The molecule has 0 saturated heterocycles. The zero-order valence-electron chi connectivity index (χ0n) is 13.5. The Kier molecular flexibility index (Phi) is 6.42. The summed E-state index contributed by atoms with van der Waals surface area (Å²) in [6, 6.07) is 13.4. The van der Waals surface area contributed by atoms with E-state index in [-0.39, 0.29) is 12.2 Å². The van der Waals surface area contributed by atoms with Gasteiger partial charge in [-0.3, -0.25) is 4.79 Å². The average Bonchev–Trinajstić information content (AvgIpc) is 2.59. The molecule has 0 atom stereocenters. The third-order valence-electron chi connectivity index (χ3n) is 3.08. The highest BCUT2D eigenvalue weighted by atomic mass is 19.4. The van der Waals surface area contributed by atoms with Crippen LogP contribution in [-0.2, 0) is 11.3 Å². The van der Waals surface area contributed by atoms with Crippen molar-refractivity contribution < 1.29 is 27.5 Å². The third-order valence-corrected chi connectivity index (χ3v) is 3.08. The van der Waals surface area contributed by atoms with E-state index in [0.29, 0.717) is 6.54 Å². The molecule has 0 unspecified atom stereocenters. The Balaban J connectivity index is 1.72. The maximum atomic E-state index is 12.1. The van der Waals surface area contributed by atoms with E-state index in [1.165, 1.54) is 12.1 Å². The molecule has 0 fully saturated rings. The Morgan fingerprint density at radius 1 is 0.923 bits per heavy atom. The number of amides is 3. The van der Waals surface area contributed by atoms with Crippen LogP contribution >= 0.6 is 0 Å². The maximum absolute atomic E-state index is 12.1. The topological polar surface area (TPSA) is 79.5 Å². The molecule has 2 rings (SSSR count). The van der Waals surface area contributed by atoms with Gasteiger partial charge in [0.2, 0.25) is 5.91 Å². The number of halogens is 3. The fraction of sp³-hybridized carbons (Fsp3) is 0.176. The minimum Gasteiger partial charge on any atom is -0.406 e. The van der Waals surface area contributed by atoms with Gasteiger partial charge in [0, 0.05) is 12.2 Å². The van der Waals surface area contributed by atoms with Crippen molar-refractivity contribution in [2.45, 2.75) is 12.9 Å². The van der Waals surface area contributed by atoms with Crippen LogP contribution in [0.1, 0.15) is 5.56 Å². The van der Waals surface area contributed by atoms with Crippen LogP contribution in [0, 0.1) is 0 Å². The largest absolute Gasteiger partial charge is 0.573 e. The number of rotatable bonds is 6. The summed E-state index contributed by atoms with van der Waals surface area (Å²) in [5.41, 5.74) is 1.18. The molecule has 3 amide bonds. The Bertz CT molecular complexity index is 734. The number of carbonyl (C=O) groups is 2. The van der Waals surface area contributed by atoms with Crippen molar-refractivity contribution in [3.8, 4) is 5.75 Å². The molecule has 9 heteroatoms. The molecule has 26 heavy (non-hydrogen) atoms. The average molecular weight is 367 g/mol. The van der Waals surface area contributed by atoms with Crippen molar-refractivity contribution in [1.29, 1.82) is 0 Å². The van der Waals surface area contributed by atoms with Crippen LogP contribution in [0.4, 0.5) is 23.7 Å². The maximum Gasteiger partial charge on any atom is 0.573 e. The van der Waals surface area contributed by atoms with Crippen molar-refractivity contribution in [1.82, 2.24) is 10.6 Å². The highest BCUT2D eigenvalue weighted by molar-refractivity contribution is 5.94. The molecular formula is C17H16F3N3O3. The van der Waals surface area contributed by atoms with Gasteiger partial charge in [0.05, 0.1) is 6.54 Å². The van der Waals surface area contributed by atoms with Gasteiger partial charge >= 0.3 is 12.4 Å². The molecule has 6 nitrogen and oxygen atoms in total. The Hall–Kier alpha value is -3.23. The second-order valence-corrected chi connectivity index (χ2v) is 5.14. The summed E-state index contributed by atoms with van der Waals surface area (Å²) in [6.07, 6.45) is -4.78. The van der Waals surface area contributed by atoms with E-state index in [4.69, 9.17) is 0 Å². The SMILES string of the molecule is O=C(CNC(=O)NCc1ccccc1)Nc1ccc(OC(F)(F)F)cc1. The van der Waals surface area contributed by atoms with Crippen molar-refractivity contribution in [2.24, 2.45) is 0 Å². The Labute approximate surface area is 147 Å². The number of benzene rings is 2. The zero-order chi connectivity index (χ0) is 19.0. The molecule has 0 aliphatic rings. The van der Waals surface area contributed by atoms with Crippen molar-refractivity contribution >= 4 is 17.6 Å². The molecule has 138 valence electrons. The first-order chi connectivity index (χ1) is 12.3. The first kappa shape index (κ1) is 19.1.